The Balaban J connectivity index is 1.73. The number of fused-ring (bicyclic) bond motifs is 2. The zero-order valence-electron chi connectivity index (χ0n) is 16.4. The molecular formula is C23H24N2O3. The van der Waals surface area contributed by atoms with Crippen molar-refractivity contribution in [1.82, 2.24) is 4.90 Å². The summed E-state index contributed by atoms with van der Waals surface area (Å²) >= 11 is 0. The lowest BCUT2D eigenvalue weighted by Gasteiger charge is -2.29. The van der Waals surface area contributed by atoms with E-state index in [0.29, 0.717) is 16.8 Å². The van der Waals surface area contributed by atoms with Gasteiger partial charge in [0.15, 0.2) is 6.23 Å². The van der Waals surface area contributed by atoms with Gasteiger partial charge < -0.3 is 4.74 Å². The molecule has 0 radical (unpaired) electrons. The van der Waals surface area contributed by atoms with Gasteiger partial charge in [0.2, 0.25) is 0 Å². The number of nitrogens with zero attached hydrogens (tertiary/aromatic N) is 2. The first-order valence-corrected chi connectivity index (χ1v) is 9.66. The van der Waals surface area contributed by atoms with Gasteiger partial charge in [-0.25, -0.2) is 4.90 Å². The summed E-state index contributed by atoms with van der Waals surface area (Å²) in [7, 11) is 3.99. The van der Waals surface area contributed by atoms with Gasteiger partial charge in [-0.2, -0.15) is 0 Å². The van der Waals surface area contributed by atoms with E-state index < -0.39 is 0 Å². The van der Waals surface area contributed by atoms with Crippen LogP contribution < -0.4 is 4.90 Å². The summed E-state index contributed by atoms with van der Waals surface area (Å²) in [4.78, 5) is 29.2. The van der Waals surface area contributed by atoms with Gasteiger partial charge in [0.1, 0.15) is 5.76 Å². The molecule has 2 amide bonds. The molecule has 5 heteroatoms. The number of rotatable bonds is 5. The van der Waals surface area contributed by atoms with E-state index in [-0.39, 0.29) is 18.0 Å². The van der Waals surface area contributed by atoms with Crippen molar-refractivity contribution in [3.05, 3.63) is 70.8 Å². The van der Waals surface area contributed by atoms with Crippen LogP contribution in [0.3, 0.4) is 0 Å². The monoisotopic (exact) mass is 376 g/mol. The molecule has 1 aliphatic heterocycles. The van der Waals surface area contributed by atoms with Crippen molar-refractivity contribution in [3.8, 4) is 0 Å². The maximum absolute atomic E-state index is 12.9. The fourth-order valence-corrected chi connectivity index (χ4v) is 3.96. The van der Waals surface area contributed by atoms with Gasteiger partial charge in [-0.05, 0) is 63.2 Å². The molecule has 0 N–H and O–H groups in total. The van der Waals surface area contributed by atoms with E-state index in [1.807, 2.05) is 37.2 Å². The van der Waals surface area contributed by atoms with Crippen molar-refractivity contribution >= 4 is 23.3 Å². The highest BCUT2D eigenvalue weighted by Gasteiger charge is 2.38. The molecule has 0 fully saturated rings. The first-order valence-electron chi connectivity index (χ1n) is 9.66. The van der Waals surface area contributed by atoms with Crippen molar-refractivity contribution in [3.63, 3.8) is 0 Å². The van der Waals surface area contributed by atoms with Crippen molar-refractivity contribution in [2.75, 3.05) is 19.0 Å². The number of carbonyl (C=O) groups excluding carboxylic acids is 2. The second-order valence-corrected chi connectivity index (χ2v) is 7.35. The zero-order valence-corrected chi connectivity index (χ0v) is 16.4. The Bertz CT molecular complexity index is 943. The highest BCUT2D eigenvalue weighted by molar-refractivity contribution is 6.34. The van der Waals surface area contributed by atoms with Gasteiger partial charge in [0.25, 0.3) is 11.8 Å². The van der Waals surface area contributed by atoms with Crippen molar-refractivity contribution < 1.29 is 14.3 Å². The van der Waals surface area contributed by atoms with Gasteiger partial charge in [0.05, 0.1) is 16.8 Å². The molecule has 0 spiro atoms. The highest BCUT2D eigenvalue weighted by Crippen LogP contribution is 2.38. The van der Waals surface area contributed by atoms with Crippen LogP contribution in [-0.2, 0) is 11.2 Å². The van der Waals surface area contributed by atoms with Crippen LogP contribution in [0.15, 0.2) is 48.5 Å². The lowest BCUT2D eigenvalue weighted by atomic mass is 9.93. The average molecular weight is 376 g/mol. The van der Waals surface area contributed by atoms with Gasteiger partial charge in [-0.15, -0.1) is 0 Å². The van der Waals surface area contributed by atoms with Crippen LogP contribution in [0.1, 0.15) is 51.6 Å². The van der Waals surface area contributed by atoms with E-state index >= 15 is 0 Å². The summed E-state index contributed by atoms with van der Waals surface area (Å²) < 4.78 is 6.26. The van der Waals surface area contributed by atoms with E-state index in [1.54, 1.807) is 24.3 Å². The van der Waals surface area contributed by atoms with Crippen LogP contribution in [0, 0.1) is 0 Å². The third-order valence-electron chi connectivity index (χ3n) is 5.36. The Kier molecular flexibility index (Phi) is 4.77. The quantitative estimate of drug-likeness (QED) is 0.583. The number of anilines is 1. The minimum Gasteiger partial charge on any atom is -0.475 e. The Hall–Kier alpha value is -2.92. The first-order chi connectivity index (χ1) is 13.5. The second-order valence-electron chi connectivity index (χ2n) is 7.35. The average Bonchev–Trinajstić information content (AvgIpc) is 2.96. The van der Waals surface area contributed by atoms with E-state index in [9.17, 15) is 9.59 Å². The minimum atomic E-state index is -0.259. The predicted octanol–water partition coefficient (Wildman–Crippen LogP) is 4.09. The second kappa shape index (κ2) is 7.24. The molecule has 1 heterocycles. The Morgan fingerprint density at radius 1 is 1.00 bits per heavy atom. The van der Waals surface area contributed by atoms with Gasteiger partial charge in [-0.3, -0.25) is 14.5 Å². The number of ether oxygens (including phenoxy) is 1. The van der Waals surface area contributed by atoms with E-state index in [0.717, 1.165) is 36.1 Å². The number of benzene rings is 2. The van der Waals surface area contributed by atoms with Gasteiger partial charge >= 0.3 is 0 Å². The molecule has 1 unspecified atom stereocenters. The lowest BCUT2D eigenvalue weighted by Crippen LogP contribution is -2.32. The Labute approximate surface area is 165 Å². The van der Waals surface area contributed by atoms with Gasteiger partial charge in [0, 0.05) is 5.56 Å². The molecule has 0 saturated carbocycles. The standard InChI is InChI=1S/C23H24N2O3/c1-4-21(24(2)3)28-20-14-8-11-15-16(20)12-7-13-19(15)25-22(26)17-9-5-6-10-18(17)23(25)27/h5-7,9-10,12-14,21H,4,8,11H2,1-3H3. The predicted molar refractivity (Wildman–Crippen MR) is 109 cm³/mol. The number of hydrogen-bond donors (Lipinski definition) is 0. The number of carbonyl (C=O) groups is 2. The molecule has 1 aliphatic carbocycles. The van der Waals surface area contributed by atoms with Crippen LogP contribution in [0.2, 0.25) is 0 Å². The van der Waals surface area contributed by atoms with Crippen molar-refractivity contribution in [2.24, 2.45) is 0 Å². The lowest BCUT2D eigenvalue weighted by molar-refractivity contribution is 0.0359. The summed E-state index contributed by atoms with van der Waals surface area (Å²) in [6.07, 6.45) is 4.51. The van der Waals surface area contributed by atoms with E-state index in [1.165, 1.54) is 4.90 Å². The van der Waals surface area contributed by atoms with E-state index in [4.69, 9.17) is 4.74 Å². The molecule has 2 aliphatic rings. The molecule has 0 bridgehead atoms. The third-order valence-corrected chi connectivity index (χ3v) is 5.36. The van der Waals surface area contributed by atoms with Gasteiger partial charge in [-0.1, -0.05) is 31.2 Å². The van der Waals surface area contributed by atoms with Crippen LogP contribution in [0.5, 0.6) is 0 Å². The fraction of sp³-hybridized carbons (Fsp3) is 0.304. The molecule has 0 saturated heterocycles. The molecule has 1 atom stereocenters. The van der Waals surface area contributed by atoms with Crippen LogP contribution in [-0.4, -0.2) is 37.0 Å². The number of allylic oxidation sites excluding steroid dienone is 1. The molecule has 4 rings (SSSR count). The van der Waals surface area contributed by atoms with Crippen molar-refractivity contribution in [1.29, 1.82) is 0 Å². The summed E-state index contributed by atoms with van der Waals surface area (Å²) in [5.74, 6) is 0.303. The molecule has 28 heavy (non-hydrogen) atoms. The summed E-state index contributed by atoms with van der Waals surface area (Å²) in [6.45, 7) is 2.09. The van der Waals surface area contributed by atoms with Crippen molar-refractivity contribution in [2.45, 2.75) is 32.4 Å². The van der Waals surface area contributed by atoms with Crippen LogP contribution >= 0.6 is 0 Å². The number of hydrogen-bond acceptors (Lipinski definition) is 4. The molecule has 5 nitrogen and oxygen atoms in total. The molecular weight excluding hydrogens is 352 g/mol. The summed E-state index contributed by atoms with van der Waals surface area (Å²) in [5.41, 5.74) is 3.54. The number of imide groups is 1. The first kappa shape index (κ1) is 18.4. The van der Waals surface area contributed by atoms with Crippen LogP contribution in [0.25, 0.3) is 5.76 Å². The minimum absolute atomic E-state index is 0.0276. The Morgan fingerprint density at radius 2 is 1.64 bits per heavy atom. The summed E-state index contributed by atoms with van der Waals surface area (Å²) in [5, 5.41) is 0. The largest absolute Gasteiger partial charge is 0.475 e. The highest BCUT2D eigenvalue weighted by atomic mass is 16.5. The number of amides is 2. The topological polar surface area (TPSA) is 49.9 Å². The maximum Gasteiger partial charge on any atom is 0.266 e. The third kappa shape index (κ3) is 2.92. The molecule has 2 aromatic carbocycles. The summed E-state index contributed by atoms with van der Waals surface area (Å²) in [6, 6.07) is 12.7. The molecule has 144 valence electrons. The smallest absolute Gasteiger partial charge is 0.266 e. The van der Waals surface area contributed by atoms with E-state index in [2.05, 4.69) is 13.0 Å². The normalized spacial score (nSPS) is 16.7. The fourth-order valence-electron chi connectivity index (χ4n) is 3.96. The zero-order chi connectivity index (χ0) is 19.8. The SMILES string of the molecule is CCC(OC1=CCCc2c1cccc2N1C(=O)c2ccccc2C1=O)N(C)C. The Morgan fingerprint density at radius 3 is 2.25 bits per heavy atom. The molecule has 2 aromatic rings. The molecule has 0 aromatic heterocycles. The maximum atomic E-state index is 12.9. The van der Waals surface area contributed by atoms with Crippen LogP contribution in [0.4, 0.5) is 5.69 Å².